The Morgan fingerprint density at radius 3 is 2.00 bits per heavy atom. The van der Waals surface area contributed by atoms with Gasteiger partial charge in [0.15, 0.2) is 5.76 Å². The summed E-state index contributed by atoms with van der Waals surface area (Å²) in [6.07, 6.45) is 5.81. The zero-order valence-corrected chi connectivity index (χ0v) is 17.4. The molecule has 0 bridgehead atoms. The number of carbonyl (C=O) groups excluding carboxylic acids is 1. The van der Waals surface area contributed by atoms with Crippen LogP contribution in [0.5, 0.6) is 0 Å². The monoisotopic (exact) mass is 402 g/mol. The first-order chi connectivity index (χ1) is 14.8. The quantitative estimate of drug-likeness (QED) is 0.538. The third-order valence-corrected chi connectivity index (χ3v) is 5.70. The molecular weight excluding hydrogens is 372 g/mol. The summed E-state index contributed by atoms with van der Waals surface area (Å²) in [6, 6.07) is 24.9. The molecule has 1 aliphatic rings. The van der Waals surface area contributed by atoms with Gasteiger partial charge in [-0.1, -0.05) is 79.9 Å². The maximum absolute atomic E-state index is 12.6. The molecule has 0 saturated heterocycles. The minimum atomic E-state index is -0.0918. The summed E-state index contributed by atoms with van der Waals surface area (Å²) >= 11 is 0. The molecule has 156 valence electrons. The van der Waals surface area contributed by atoms with Gasteiger partial charge in [-0.2, -0.15) is 0 Å². The van der Waals surface area contributed by atoms with Crippen LogP contribution in [0.15, 0.2) is 77.2 Å². The molecular formula is C26H30N2O2. The molecule has 1 heterocycles. The van der Waals surface area contributed by atoms with E-state index in [1.165, 1.54) is 30.4 Å². The number of rotatable bonds is 8. The van der Waals surface area contributed by atoms with Crippen molar-refractivity contribution < 1.29 is 9.21 Å². The fraction of sp³-hybridized carbons (Fsp3) is 0.346. The Balaban J connectivity index is 1.42. The molecule has 0 spiro atoms. The van der Waals surface area contributed by atoms with E-state index >= 15 is 0 Å². The molecule has 4 nitrogen and oxygen atoms in total. The van der Waals surface area contributed by atoms with Crippen LogP contribution in [-0.4, -0.2) is 16.8 Å². The molecule has 1 amide bonds. The SMILES string of the molecule is O=C(NC1CCCCC1)c1ccc(CN(Cc2ccccc2)Cc2ccccc2)o1. The molecule has 0 unspecified atom stereocenters. The van der Waals surface area contributed by atoms with Gasteiger partial charge in [-0.3, -0.25) is 9.69 Å². The Labute approximate surface area is 178 Å². The van der Waals surface area contributed by atoms with Crippen molar-refractivity contribution in [2.24, 2.45) is 0 Å². The van der Waals surface area contributed by atoms with Crippen LogP contribution in [0.1, 0.15) is 59.5 Å². The average Bonchev–Trinajstić information content (AvgIpc) is 3.24. The largest absolute Gasteiger partial charge is 0.455 e. The molecule has 1 aliphatic carbocycles. The van der Waals surface area contributed by atoms with Gasteiger partial charge in [0.2, 0.25) is 0 Å². The highest BCUT2D eigenvalue weighted by atomic mass is 16.4. The first-order valence-electron chi connectivity index (χ1n) is 11.0. The van der Waals surface area contributed by atoms with Crippen LogP contribution in [0, 0.1) is 0 Å². The van der Waals surface area contributed by atoms with Crippen LogP contribution >= 0.6 is 0 Å². The first-order valence-corrected chi connectivity index (χ1v) is 11.0. The van der Waals surface area contributed by atoms with E-state index in [1.54, 1.807) is 6.07 Å². The Bertz CT molecular complexity index is 873. The van der Waals surface area contributed by atoms with Crippen LogP contribution in [0.4, 0.5) is 0 Å². The van der Waals surface area contributed by atoms with Gasteiger partial charge in [0.25, 0.3) is 5.91 Å². The molecule has 2 aromatic carbocycles. The molecule has 1 saturated carbocycles. The van der Waals surface area contributed by atoms with E-state index in [0.29, 0.717) is 12.3 Å². The highest BCUT2D eigenvalue weighted by Gasteiger charge is 2.19. The second kappa shape index (κ2) is 10.3. The van der Waals surface area contributed by atoms with Crippen LogP contribution in [-0.2, 0) is 19.6 Å². The molecule has 0 radical (unpaired) electrons. The van der Waals surface area contributed by atoms with E-state index in [4.69, 9.17) is 4.42 Å². The minimum Gasteiger partial charge on any atom is -0.455 e. The van der Waals surface area contributed by atoms with Crippen molar-refractivity contribution in [1.29, 1.82) is 0 Å². The smallest absolute Gasteiger partial charge is 0.287 e. The average molecular weight is 403 g/mol. The summed E-state index contributed by atoms with van der Waals surface area (Å²) < 4.78 is 5.94. The van der Waals surface area contributed by atoms with E-state index in [2.05, 4.69) is 58.7 Å². The zero-order valence-electron chi connectivity index (χ0n) is 17.4. The fourth-order valence-electron chi connectivity index (χ4n) is 4.16. The molecule has 30 heavy (non-hydrogen) atoms. The number of carbonyl (C=O) groups is 1. The number of amides is 1. The van der Waals surface area contributed by atoms with E-state index in [9.17, 15) is 4.79 Å². The summed E-state index contributed by atoms with van der Waals surface area (Å²) in [5.41, 5.74) is 2.52. The molecule has 1 aromatic heterocycles. The van der Waals surface area contributed by atoms with E-state index in [1.807, 2.05) is 18.2 Å². The van der Waals surface area contributed by atoms with Gasteiger partial charge in [-0.05, 0) is 36.1 Å². The van der Waals surface area contributed by atoms with Gasteiger partial charge in [-0.25, -0.2) is 0 Å². The number of furan rings is 1. The second-order valence-electron chi connectivity index (χ2n) is 8.19. The summed E-state index contributed by atoms with van der Waals surface area (Å²) in [5, 5.41) is 3.14. The highest BCUT2D eigenvalue weighted by molar-refractivity contribution is 5.91. The van der Waals surface area contributed by atoms with Gasteiger partial charge in [0.1, 0.15) is 5.76 Å². The Hall–Kier alpha value is -2.85. The summed E-state index contributed by atoms with van der Waals surface area (Å²) in [6.45, 7) is 2.29. The predicted molar refractivity (Wildman–Crippen MR) is 119 cm³/mol. The molecule has 3 aromatic rings. The standard InChI is InChI=1S/C26H30N2O2/c29-26(27-23-14-8-3-9-15-23)25-17-16-24(30-25)20-28(18-21-10-4-1-5-11-21)19-22-12-6-2-7-13-22/h1-2,4-7,10-13,16-17,23H,3,8-9,14-15,18-20H2,(H,27,29). The lowest BCUT2D eigenvalue weighted by atomic mass is 9.95. The topological polar surface area (TPSA) is 45.5 Å². The predicted octanol–water partition coefficient (Wildman–Crippen LogP) is 5.54. The van der Waals surface area contributed by atoms with Gasteiger partial charge in [0.05, 0.1) is 6.54 Å². The third-order valence-electron chi connectivity index (χ3n) is 5.70. The molecule has 1 fully saturated rings. The molecule has 4 rings (SSSR count). The van der Waals surface area contributed by atoms with Crippen LogP contribution in [0.3, 0.4) is 0 Å². The lowest BCUT2D eigenvalue weighted by molar-refractivity contribution is 0.0895. The van der Waals surface area contributed by atoms with Gasteiger partial charge in [0, 0.05) is 19.1 Å². The maximum Gasteiger partial charge on any atom is 0.287 e. The Morgan fingerprint density at radius 1 is 0.800 bits per heavy atom. The molecule has 1 N–H and O–H groups in total. The van der Waals surface area contributed by atoms with Crippen LogP contribution in [0.25, 0.3) is 0 Å². The Morgan fingerprint density at radius 2 is 1.40 bits per heavy atom. The third kappa shape index (κ3) is 5.83. The van der Waals surface area contributed by atoms with Crippen molar-refractivity contribution in [3.63, 3.8) is 0 Å². The van der Waals surface area contributed by atoms with Crippen molar-refractivity contribution in [1.82, 2.24) is 10.2 Å². The Kier molecular flexibility index (Phi) is 6.99. The second-order valence-corrected chi connectivity index (χ2v) is 8.19. The van der Waals surface area contributed by atoms with E-state index < -0.39 is 0 Å². The van der Waals surface area contributed by atoms with Crippen LogP contribution in [0.2, 0.25) is 0 Å². The first kappa shape index (κ1) is 20.4. The fourth-order valence-corrected chi connectivity index (χ4v) is 4.16. The summed E-state index contributed by atoms with van der Waals surface area (Å²) in [7, 11) is 0. The van der Waals surface area contributed by atoms with Gasteiger partial charge >= 0.3 is 0 Å². The minimum absolute atomic E-state index is 0.0918. The molecule has 0 atom stereocenters. The number of nitrogens with one attached hydrogen (secondary N) is 1. The molecule has 4 heteroatoms. The summed E-state index contributed by atoms with van der Waals surface area (Å²) in [5.74, 6) is 1.14. The number of benzene rings is 2. The number of hydrogen-bond donors (Lipinski definition) is 1. The van der Waals surface area contributed by atoms with E-state index in [0.717, 1.165) is 31.7 Å². The van der Waals surface area contributed by atoms with Crippen molar-refractivity contribution >= 4 is 5.91 Å². The van der Waals surface area contributed by atoms with Crippen molar-refractivity contribution in [2.45, 2.75) is 57.8 Å². The lowest BCUT2D eigenvalue weighted by Gasteiger charge is -2.22. The van der Waals surface area contributed by atoms with E-state index in [-0.39, 0.29) is 11.9 Å². The van der Waals surface area contributed by atoms with Crippen molar-refractivity contribution in [2.75, 3.05) is 0 Å². The lowest BCUT2D eigenvalue weighted by Crippen LogP contribution is -2.35. The number of nitrogens with zero attached hydrogens (tertiary/aromatic N) is 1. The zero-order chi connectivity index (χ0) is 20.6. The van der Waals surface area contributed by atoms with Crippen LogP contribution < -0.4 is 5.32 Å². The van der Waals surface area contributed by atoms with Gasteiger partial charge in [-0.15, -0.1) is 0 Å². The van der Waals surface area contributed by atoms with Gasteiger partial charge < -0.3 is 9.73 Å². The van der Waals surface area contributed by atoms with Crippen molar-refractivity contribution in [3.8, 4) is 0 Å². The number of hydrogen-bond acceptors (Lipinski definition) is 3. The maximum atomic E-state index is 12.6. The summed E-state index contributed by atoms with van der Waals surface area (Å²) in [4.78, 5) is 14.9. The van der Waals surface area contributed by atoms with Crippen molar-refractivity contribution in [3.05, 3.63) is 95.4 Å². The molecule has 0 aliphatic heterocycles. The highest BCUT2D eigenvalue weighted by Crippen LogP contribution is 2.19. The normalized spacial score (nSPS) is 14.7.